The molecule has 0 radical (unpaired) electrons. The monoisotopic (exact) mass is 261 g/mol. The van der Waals surface area contributed by atoms with Crippen LogP contribution in [0.3, 0.4) is 0 Å². The Labute approximate surface area is 115 Å². The minimum Gasteiger partial charge on any atom is -0.460 e. The molecule has 0 atom stereocenters. The van der Waals surface area contributed by atoms with Crippen molar-refractivity contribution in [3.05, 3.63) is 35.9 Å². The molecule has 1 aromatic carbocycles. The zero-order valence-corrected chi connectivity index (χ0v) is 11.6. The summed E-state index contributed by atoms with van der Waals surface area (Å²) in [6.07, 6.45) is 3.85. The highest BCUT2D eigenvalue weighted by Gasteiger charge is 2.41. The Bertz CT molecular complexity index is 408. The Morgan fingerprint density at radius 3 is 2.53 bits per heavy atom. The van der Waals surface area contributed by atoms with Gasteiger partial charge in [0.25, 0.3) is 0 Å². The van der Waals surface area contributed by atoms with Gasteiger partial charge < -0.3 is 10.5 Å². The van der Waals surface area contributed by atoms with Crippen LogP contribution in [0, 0.1) is 11.3 Å². The normalized spacial score (nSPS) is 26.9. The molecule has 0 heterocycles. The van der Waals surface area contributed by atoms with Crippen molar-refractivity contribution in [1.29, 1.82) is 0 Å². The van der Waals surface area contributed by atoms with Crippen LogP contribution in [0.25, 0.3) is 0 Å². The van der Waals surface area contributed by atoms with Gasteiger partial charge in [0.1, 0.15) is 6.61 Å². The lowest BCUT2D eigenvalue weighted by molar-refractivity contribution is -0.159. The Kier molecular flexibility index (Phi) is 4.59. The molecule has 1 saturated carbocycles. The standard InChI is InChI=1S/C16H23NO2/c1-13-7-9-16(12-17,10-8-13)15(18)19-11-14-5-3-2-4-6-14/h2-6,13H,7-12,17H2,1H3. The van der Waals surface area contributed by atoms with E-state index in [1.54, 1.807) is 0 Å². The van der Waals surface area contributed by atoms with Crippen molar-refractivity contribution < 1.29 is 9.53 Å². The maximum Gasteiger partial charge on any atom is 0.313 e. The highest BCUT2D eigenvalue weighted by molar-refractivity contribution is 5.77. The lowest BCUT2D eigenvalue weighted by Gasteiger charge is -2.36. The third kappa shape index (κ3) is 3.35. The predicted octanol–water partition coefficient (Wildman–Crippen LogP) is 2.89. The molecular weight excluding hydrogens is 238 g/mol. The van der Waals surface area contributed by atoms with Crippen LogP contribution in [0.5, 0.6) is 0 Å². The average Bonchev–Trinajstić information content (AvgIpc) is 2.47. The fraction of sp³-hybridized carbons (Fsp3) is 0.562. The third-order valence-corrected chi connectivity index (χ3v) is 4.27. The first-order valence-electron chi connectivity index (χ1n) is 7.07. The number of carbonyl (C=O) groups excluding carboxylic acids is 1. The molecule has 2 N–H and O–H groups in total. The van der Waals surface area contributed by atoms with Crippen LogP contribution in [0.1, 0.15) is 38.2 Å². The number of benzene rings is 1. The van der Waals surface area contributed by atoms with Gasteiger partial charge in [-0.25, -0.2) is 0 Å². The largest absolute Gasteiger partial charge is 0.460 e. The number of hydrogen-bond acceptors (Lipinski definition) is 3. The maximum absolute atomic E-state index is 12.3. The summed E-state index contributed by atoms with van der Waals surface area (Å²) >= 11 is 0. The summed E-state index contributed by atoms with van der Waals surface area (Å²) in [4.78, 5) is 12.3. The average molecular weight is 261 g/mol. The molecule has 0 bridgehead atoms. The van der Waals surface area contributed by atoms with E-state index >= 15 is 0 Å². The lowest BCUT2D eigenvalue weighted by atomic mass is 9.71. The number of esters is 1. The first-order chi connectivity index (χ1) is 9.16. The van der Waals surface area contributed by atoms with E-state index in [1.165, 1.54) is 0 Å². The van der Waals surface area contributed by atoms with E-state index in [1.807, 2.05) is 30.3 Å². The molecule has 3 nitrogen and oxygen atoms in total. The van der Waals surface area contributed by atoms with Gasteiger partial charge in [0.15, 0.2) is 0 Å². The molecule has 2 rings (SSSR count). The summed E-state index contributed by atoms with van der Waals surface area (Å²) in [5.74, 6) is 0.576. The van der Waals surface area contributed by atoms with Gasteiger partial charge in [0.05, 0.1) is 5.41 Å². The molecule has 0 aromatic heterocycles. The molecule has 0 unspecified atom stereocenters. The molecule has 0 aliphatic heterocycles. The van der Waals surface area contributed by atoms with Crippen molar-refractivity contribution in [2.45, 2.75) is 39.2 Å². The lowest BCUT2D eigenvalue weighted by Crippen LogP contribution is -2.42. The smallest absolute Gasteiger partial charge is 0.313 e. The topological polar surface area (TPSA) is 52.3 Å². The number of rotatable bonds is 4. The Morgan fingerprint density at radius 2 is 1.95 bits per heavy atom. The molecule has 0 spiro atoms. The van der Waals surface area contributed by atoms with Crippen molar-refractivity contribution in [1.82, 2.24) is 0 Å². The summed E-state index contributed by atoms with van der Waals surface area (Å²) in [5.41, 5.74) is 6.43. The van der Waals surface area contributed by atoms with Gasteiger partial charge in [-0.1, -0.05) is 37.3 Å². The Hall–Kier alpha value is -1.35. The maximum atomic E-state index is 12.3. The highest BCUT2D eigenvalue weighted by Crippen LogP contribution is 2.39. The number of ether oxygens (including phenoxy) is 1. The van der Waals surface area contributed by atoms with Crippen LogP contribution in [0.4, 0.5) is 0 Å². The second kappa shape index (κ2) is 6.20. The second-order valence-corrected chi connectivity index (χ2v) is 5.73. The molecule has 19 heavy (non-hydrogen) atoms. The van der Waals surface area contributed by atoms with Crippen LogP contribution in [0.15, 0.2) is 30.3 Å². The van der Waals surface area contributed by atoms with Crippen LogP contribution in [0.2, 0.25) is 0 Å². The van der Waals surface area contributed by atoms with Gasteiger partial charge in [-0.3, -0.25) is 4.79 Å². The van der Waals surface area contributed by atoms with Crippen LogP contribution >= 0.6 is 0 Å². The second-order valence-electron chi connectivity index (χ2n) is 5.73. The van der Waals surface area contributed by atoms with Crippen molar-refractivity contribution in [2.24, 2.45) is 17.1 Å². The van der Waals surface area contributed by atoms with E-state index in [0.29, 0.717) is 19.1 Å². The minimum absolute atomic E-state index is 0.120. The van der Waals surface area contributed by atoms with E-state index in [0.717, 1.165) is 31.2 Å². The van der Waals surface area contributed by atoms with Gasteiger partial charge in [0.2, 0.25) is 0 Å². The molecule has 1 fully saturated rings. The molecule has 104 valence electrons. The number of carbonyl (C=O) groups is 1. The van der Waals surface area contributed by atoms with Crippen molar-refractivity contribution >= 4 is 5.97 Å². The van der Waals surface area contributed by atoms with Crippen molar-refractivity contribution in [2.75, 3.05) is 6.54 Å². The molecule has 1 aliphatic carbocycles. The zero-order valence-electron chi connectivity index (χ0n) is 11.6. The van der Waals surface area contributed by atoms with E-state index in [4.69, 9.17) is 10.5 Å². The summed E-state index contributed by atoms with van der Waals surface area (Å²) in [6.45, 7) is 2.97. The molecule has 0 saturated heterocycles. The van der Waals surface area contributed by atoms with Gasteiger partial charge in [-0.05, 0) is 37.2 Å². The minimum atomic E-state index is -0.443. The van der Waals surface area contributed by atoms with Crippen LogP contribution in [-0.4, -0.2) is 12.5 Å². The first kappa shape index (κ1) is 14.1. The van der Waals surface area contributed by atoms with Gasteiger partial charge in [0, 0.05) is 6.54 Å². The zero-order chi connectivity index (χ0) is 13.7. The fourth-order valence-electron chi connectivity index (χ4n) is 2.68. The van der Waals surface area contributed by atoms with Crippen LogP contribution in [-0.2, 0) is 16.1 Å². The summed E-state index contributed by atoms with van der Waals surface area (Å²) < 4.78 is 5.48. The van der Waals surface area contributed by atoms with E-state index in [2.05, 4.69) is 6.92 Å². The number of nitrogens with two attached hydrogens (primary N) is 1. The van der Waals surface area contributed by atoms with Crippen LogP contribution < -0.4 is 5.73 Å². The number of hydrogen-bond donors (Lipinski definition) is 1. The van der Waals surface area contributed by atoms with E-state index in [9.17, 15) is 4.79 Å². The quantitative estimate of drug-likeness (QED) is 0.848. The van der Waals surface area contributed by atoms with E-state index < -0.39 is 5.41 Å². The highest BCUT2D eigenvalue weighted by atomic mass is 16.5. The summed E-state index contributed by atoms with van der Waals surface area (Å²) in [6, 6.07) is 9.78. The van der Waals surface area contributed by atoms with Crippen molar-refractivity contribution in [3.63, 3.8) is 0 Å². The molecule has 0 amide bonds. The molecule has 1 aromatic rings. The first-order valence-corrected chi connectivity index (χ1v) is 7.07. The SMILES string of the molecule is CC1CCC(CN)(C(=O)OCc2ccccc2)CC1. The Balaban J connectivity index is 1.94. The molecule has 1 aliphatic rings. The molecular formula is C16H23NO2. The summed E-state index contributed by atoms with van der Waals surface area (Å²) in [7, 11) is 0. The predicted molar refractivity (Wildman–Crippen MR) is 75.4 cm³/mol. The van der Waals surface area contributed by atoms with Gasteiger partial charge in [-0.2, -0.15) is 0 Å². The third-order valence-electron chi connectivity index (χ3n) is 4.27. The van der Waals surface area contributed by atoms with Crippen molar-refractivity contribution in [3.8, 4) is 0 Å². The van der Waals surface area contributed by atoms with E-state index in [-0.39, 0.29) is 5.97 Å². The van der Waals surface area contributed by atoms with Gasteiger partial charge in [-0.15, -0.1) is 0 Å². The summed E-state index contributed by atoms with van der Waals surface area (Å²) in [5, 5.41) is 0. The molecule has 3 heteroatoms. The van der Waals surface area contributed by atoms with Gasteiger partial charge >= 0.3 is 5.97 Å². The Morgan fingerprint density at radius 1 is 1.32 bits per heavy atom. The fourth-order valence-corrected chi connectivity index (χ4v) is 2.68.